The molecule has 3 aromatic rings. The number of primary amides is 1. The first-order chi connectivity index (χ1) is 20.7. The van der Waals surface area contributed by atoms with Crippen LogP contribution in [0.25, 0.3) is 0 Å². The highest BCUT2D eigenvalue weighted by atomic mass is 35.5. The minimum atomic E-state index is -1.41. The molecule has 5 atom stereocenters. The number of benzene rings is 2. The molecular weight excluding hydrogens is 608 g/mol. The predicted molar refractivity (Wildman–Crippen MR) is 166 cm³/mol. The second-order valence-corrected chi connectivity index (χ2v) is 13.6. The number of pyridine rings is 1. The number of aromatic nitrogens is 1. The number of carbonyl (C=O) groups is 3. The van der Waals surface area contributed by atoms with Crippen molar-refractivity contribution in [3.8, 4) is 5.75 Å². The summed E-state index contributed by atoms with van der Waals surface area (Å²) in [4.78, 5) is 49.1. The second-order valence-electron chi connectivity index (χ2n) is 12.8. The molecule has 2 fully saturated rings. The van der Waals surface area contributed by atoms with Crippen molar-refractivity contribution in [2.75, 3.05) is 17.3 Å². The first-order valence-corrected chi connectivity index (χ1v) is 15.0. The molecule has 1 spiro atoms. The van der Waals surface area contributed by atoms with Crippen molar-refractivity contribution >= 4 is 52.3 Å². The number of nitrogens with zero attached hydrogens (tertiary/aromatic N) is 3. The van der Waals surface area contributed by atoms with E-state index in [1.54, 1.807) is 35.4 Å². The van der Waals surface area contributed by atoms with E-state index in [9.17, 15) is 14.4 Å². The van der Waals surface area contributed by atoms with Crippen molar-refractivity contribution in [2.45, 2.75) is 63.7 Å². The predicted octanol–water partition coefficient (Wildman–Crippen LogP) is 5.49. The SMILES string of the molecule is COc1cc(C(N)=O)ccc1N1C(=O)[C@H]2[C@H](c3cccc(Cl)c3F)C3(C(=O)Nc4cc(Cl)ncc43)[C@H](CC(C)(C)C)N2[C@H]1C. The van der Waals surface area contributed by atoms with Crippen LogP contribution in [0.15, 0.2) is 48.7 Å². The van der Waals surface area contributed by atoms with Crippen LogP contribution in [-0.2, 0) is 15.0 Å². The first-order valence-electron chi connectivity index (χ1n) is 14.2. The highest BCUT2D eigenvalue weighted by Crippen LogP contribution is 2.62. The molecule has 3 amide bonds. The average Bonchev–Trinajstić information content (AvgIpc) is 3.50. The van der Waals surface area contributed by atoms with Gasteiger partial charge in [0.25, 0.3) is 0 Å². The number of nitrogens with one attached hydrogen (secondary N) is 1. The number of rotatable bonds is 5. The number of amides is 3. The molecule has 0 bridgehead atoms. The van der Waals surface area contributed by atoms with Crippen LogP contribution >= 0.6 is 23.2 Å². The molecule has 6 rings (SSSR count). The molecule has 230 valence electrons. The largest absolute Gasteiger partial charge is 0.495 e. The quantitative estimate of drug-likeness (QED) is 0.357. The van der Waals surface area contributed by atoms with Gasteiger partial charge in [-0.05, 0) is 54.7 Å². The number of hydrogen-bond acceptors (Lipinski definition) is 6. The maximum absolute atomic E-state index is 16.2. The van der Waals surface area contributed by atoms with Crippen LogP contribution in [0.1, 0.15) is 61.5 Å². The van der Waals surface area contributed by atoms with E-state index >= 15 is 4.39 Å². The Balaban J connectivity index is 1.63. The summed E-state index contributed by atoms with van der Waals surface area (Å²) in [5, 5.41) is 3.06. The van der Waals surface area contributed by atoms with Crippen LogP contribution < -0.4 is 20.7 Å². The summed E-state index contributed by atoms with van der Waals surface area (Å²) < 4.78 is 21.8. The van der Waals surface area contributed by atoms with Crippen LogP contribution in [0.4, 0.5) is 15.8 Å². The molecular formula is C32H32Cl2FN5O4. The van der Waals surface area contributed by atoms with Crippen LogP contribution in [0, 0.1) is 11.2 Å². The standard InChI is InChI=1S/C32H32Cl2FN5O4/c1-15-39(21-10-9-16(28(36)41)11-22(21)44-5)29(42)27-25(17-7-6-8-19(33)26(17)35)32(23(40(15)27)13-31(2,3)4)18-14-37-24(34)12-20(18)38-30(32)43/h6-12,14-15,23,25,27H,13H2,1-5H3,(H2,36,41)(H,38,43)/t15-,23-,25-,27+,32?/m0/s1. The highest BCUT2D eigenvalue weighted by molar-refractivity contribution is 6.31. The summed E-state index contributed by atoms with van der Waals surface area (Å²) in [6.07, 6.45) is 1.43. The van der Waals surface area contributed by atoms with E-state index in [2.05, 4.69) is 31.1 Å². The normalized spacial score (nSPS) is 26.2. The molecule has 3 N–H and O–H groups in total. The van der Waals surface area contributed by atoms with Crippen molar-refractivity contribution in [3.63, 3.8) is 0 Å². The fourth-order valence-electron chi connectivity index (χ4n) is 7.50. The Morgan fingerprint density at radius 3 is 2.57 bits per heavy atom. The Kier molecular flexibility index (Phi) is 7.18. The number of fused-ring (bicyclic) bond motifs is 3. The average molecular weight is 641 g/mol. The summed E-state index contributed by atoms with van der Waals surface area (Å²) in [6.45, 7) is 8.04. The van der Waals surface area contributed by atoms with E-state index in [0.717, 1.165) is 0 Å². The summed E-state index contributed by atoms with van der Waals surface area (Å²) in [7, 11) is 1.44. The van der Waals surface area contributed by atoms with Gasteiger partial charge in [-0.2, -0.15) is 0 Å². The lowest BCUT2D eigenvalue weighted by Gasteiger charge is -2.42. The van der Waals surface area contributed by atoms with Crippen molar-refractivity contribution in [1.29, 1.82) is 0 Å². The Morgan fingerprint density at radius 2 is 1.91 bits per heavy atom. The van der Waals surface area contributed by atoms with E-state index in [1.165, 1.54) is 25.3 Å². The number of nitrogens with two attached hydrogens (primary N) is 1. The van der Waals surface area contributed by atoms with E-state index in [1.807, 2.05) is 11.8 Å². The number of anilines is 2. The molecule has 3 aliphatic rings. The topological polar surface area (TPSA) is 118 Å². The van der Waals surface area contributed by atoms with Gasteiger partial charge in [-0.1, -0.05) is 56.1 Å². The zero-order valence-corrected chi connectivity index (χ0v) is 26.3. The summed E-state index contributed by atoms with van der Waals surface area (Å²) in [6, 6.07) is 9.29. The Labute approximate surface area is 264 Å². The van der Waals surface area contributed by atoms with Gasteiger partial charge in [0.05, 0.1) is 24.0 Å². The van der Waals surface area contributed by atoms with Gasteiger partial charge in [-0.3, -0.25) is 24.2 Å². The van der Waals surface area contributed by atoms with Crippen molar-refractivity contribution < 1.29 is 23.5 Å². The molecule has 4 heterocycles. The smallest absolute Gasteiger partial charge is 0.248 e. The summed E-state index contributed by atoms with van der Waals surface area (Å²) >= 11 is 12.6. The molecule has 12 heteroatoms. The van der Waals surface area contributed by atoms with Gasteiger partial charge in [-0.15, -0.1) is 0 Å². The lowest BCUT2D eigenvalue weighted by atomic mass is 9.62. The van der Waals surface area contributed by atoms with Gasteiger partial charge >= 0.3 is 0 Å². The zero-order chi connectivity index (χ0) is 31.9. The van der Waals surface area contributed by atoms with E-state index in [-0.39, 0.29) is 44.3 Å². The minimum Gasteiger partial charge on any atom is -0.495 e. The van der Waals surface area contributed by atoms with Crippen molar-refractivity contribution in [3.05, 3.63) is 81.3 Å². The lowest BCUT2D eigenvalue weighted by Crippen LogP contribution is -2.54. The van der Waals surface area contributed by atoms with Gasteiger partial charge in [0.2, 0.25) is 17.7 Å². The molecule has 1 aromatic heterocycles. The molecule has 3 aliphatic heterocycles. The zero-order valence-electron chi connectivity index (χ0n) is 24.8. The number of methoxy groups -OCH3 is 1. The molecule has 1 unspecified atom stereocenters. The van der Waals surface area contributed by atoms with Crippen LogP contribution in [0.3, 0.4) is 0 Å². The second kappa shape index (κ2) is 10.4. The number of carbonyl (C=O) groups excluding carboxylic acids is 3. The Bertz CT molecular complexity index is 1730. The van der Waals surface area contributed by atoms with Gasteiger partial charge < -0.3 is 15.8 Å². The van der Waals surface area contributed by atoms with Crippen LogP contribution in [-0.4, -0.2) is 53.0 Å². The number of ether oxygens (including phenoxy) is 1. The number of hydrogen-bond donors (Lipinski definition) is 2. The van der Waals surface area contributed by atoms with E-state index in [0.29, 0.717) is 23.4 Å². The van der Waals surface area contributed by atoms with Gasteiger partial charge in [0.1, 0.15) is 28.2 Å². The first kappa shape index (κ1) is 30.3. The Hall–Kier alpha value is -3.73. The molecule has 0 saturated carbocycles. The molecule has 2 saturated heterocycles. The molecule has 9 nitrogen and oxygen atoms in total. The maximum Gasteiger partial charge on any atom is 0.248 e. The minimum absolute atomic E-state index is 0.115. The van der Waals surface area contributed by atoms with Gasteiger partial charge in [0.15, 0.2) is 0 Å². The monoisotopic (exact) mass is 639 g/mol. The third kappa shape index (κ3) is 4.29. The number of halogens is 3. The summed E-state index contributed by atoms with van der Waals surface area (Å²) in [5.41, 5.74) is 5.60. The maximum atomic E-state index is 16.2. The van der Waals surface area contributed by atoms with Gasteiger partial charge in [-0.25, -0.2) is 9.37 Å². The fraction of sp³-hybridized carbons (Fsp3) is 0.375. The van der Waals surface area contributed by atoms with Gasteiger partial charge in [0, 0.05) is 35.0 Å². The molecule has 0 radical (unpaired) electrons. The Morgan fingerprint density at radius 1 is 1.18 bits per heavy atom. The third-order valence-corrected chi connectivity index (χ3v) is 9.59. The molecule has 0 aliphatic carbocycles. The third-order valence-electron chi connectivity index (χ3n) is 9.09. The van der Waals surface area contributed by atoms with Crippen LogP contribution in [0.5, 0.6) is 5.75 Å². The molecule has 44 heavy (non-hydrogen) atoms. The van der Waals surface area contributed by atoms with E-state index in [4.69, 9.17) is 33.7 Å². The van der Waals surface area contributed by atoms with E-state index < -0.39 is 41.3 Å². The summed E-state index contributed by atoms with van der Waals surface area (Å²) in [5.74, 6) is -2.77. The molecule has 2 aromatic carbocycles. The van der Waals surface area contributed by atoms with Crippen molar-refractivity contribution in [1.82, 2.24) is 9.88 Å². The fourth-order valence-corrected chi connectivity index (χ4v) is 7.84. The van der Waals surface area contributed by atoms with Crippen LogP contribution in [0.2, 0.25) is 10.2 Å². The van der Waals surface area contributed by atoms with Crippen molar-refractivity contribution in [2.24, 2.45) is 11.1 Å². The lowest BCUT2D eigenvalue weighted by molar-refractivity contribution is -0.122. The highest BCUT2D eigenvalue weighted by Gasteiger charge is 2.73.